The third-order valence-corrected chi connectivity index (χ3v) is 18.6. The average molecular weight is 846 g/mol. The van der Waals surface area contributed by atoms with Gasteiger partial charge in [-0.25, -0.2) is 0 Å². The number of hydrogen-bond donors (Lipinski definition) is 0. The van der Waals surface area contributed by atoms with Gasteiger partial charge in [-0.15, -0.1) is 0 Å². The third kappa shape index (κ3) is 5.48. The summed E-state index contributed by atoms with van der Waals surface area (Å²) < 4.78 is 7.50. The highest BCUT2D eigenvalue weighted by Crippen LogP contribution is 2.43. The monoisotopic (exact) mass is 845 g/mol. The second-order valence-electron chi connectivity index (χ2n) is 17.3. The van der Waals surface area contributed by atoms with Crippen molar-refractivity contribution in [3.05, 3.63) is 248 Å². The van der Waals surface area contributed by atoms with Gasteiger partial charge in [-0.2, -0.15) is 0 Å². The Bertz CT molecular complexity index is 3840. The molecule has 13 aromatic rings. The number of fused-ring (bicyclic) bond motifs is 9. The molecule has 0 atom stereocenters. The molecule has 3 nitrogen and oxygen atoms in total. The van der Waals surface area contributed by atoms with E-state index in [1.165, 1.54) is 91.7 Å². The molecule has 3 heterocycles. The first-order valence-corrected chi connectivity index (χ1v) is 24.5. The summed E-state index contributed by atoms with van der Waals surface area (Å²) >= 11 is 0. The van der Waals surface area contributed by atoms with Gasteiger partial charge < -0.3 is 13.7 Å². The van der Waals surface area contributed by atoms with Crippen LogP contribution >= 0.6 is 0 Å². The highest BCUT2D eigenvalue weighted by atomic mass is 28.3. The smallest absolute Gasteiger partial charge is 0.179 e. The highest BCUT2D eigenvalue weighted by molar-refractivity contribution is 7.19. The predicted molar refractivity (Wildman–Crippen MR) is 278 cm³/mol. The van der Waals surface area contributed by atoms with Gasteiger partial charge >= 0.3 is 0 Å². The lowest BCUT2D eigenvalue weighted by Gasteiger charge is -2.34. The van der Waals surface area contributed by atoms with E-state index in [4.69, 9.17) is 0 Å². The van der Waals surface area contributed by atoms with Gasteiger partial charge in [0.25, 0.3) is 0 Å². The molecule has 0 aliphatic rings. The van der Waals surface area contributed by atoms with Crippen molar-refractivity contribution >= 4 is 94.2 Å². The zero-order valence-electron chi connectivity index (χ0n) is 35.9. The van der Waals surface area contributed by atoms with Crippen molar-refractivity contribution < 1.29 is 0 Å². The van der Waals surface area contributed by atoms with Crippen molar-refractivity contribution in [2.24, 2.45) is 0 Å². The summed E-state index contributed by atoms with van der Waals surface area (Å²) in [5, 5.41) is 12.9. The van der Waals surface area contributed by atoms with Crippen molar-refractivity contribution in [2.45, 2.75) is 6.92 Å². The number of rotatable bonds is 7. The van der Waals surface area contributed by atoms with Crippen LogP contribution in [-0.4, -0.2) is 21.8 Å². The molecule has 0 N–H and O–H groups in total. The van der Waals surface area contributed by atoms with Crippen molar-refractivity contribution in [3.63, 3.8) is 0 Å². The summed E-state index contributed by atoms with van der Waals surface area (Å²) in [6.45, 7) is 2.19. The normalized spacial score (nSPS) is 12.1. The van der Waals surface area contributed by atoms with E-state index >= 15 is 0 Å². The lowest BCUT2D eigenvalue weighted by Crippen LogP contribution is -2.74. The van der Waals surface area contributed by atoms with E-state index in [1.54, 1.807) is 0 Å². The van der Waals surface area contributed by atoms with Crippen molar-refractivity contribution in [3.8, 4) is 17.1 Å². The summed E-state index contributed by atoms with van der Waals surface area (Å²) in [7, 11) is -2.69. The molecule has 10 aromatic carbocycles. The quantitative estimate of drug-likeness (QED) is 0.112. The number of aromatic nitrogens is 3. The number of nitrogens with zero attached hydrogens (tertiary/aromatic N) is 3. The van der Waals surface area contributed by atoms with Gasteiger partial charge in [0.15, 0.2) is 8.07 Å². The van der Waals surface area contributed by atoms with Crippen LogP contribution in [0.1, 0.15) is 5.56 Å². The van der Waals surface area contributed by atoms with E-state index in [1.807, 2.05) is 0 Å². The molecule has 13 rings (SSSR count). The van der Waals surface area contributed by atoms with E-state index in [-0.39, 0.29) is 0 Å². The molecule has 0 fully saturated rings. The first kappa shape index (κ1) is 37.4. The van der Waals surface area contributed by atoms with Gasteiger partial charge in [-0.3, -0.25) is 0 Å². The Kier molecular flexibility index (Phi) is 8.45. The molecule has 0 saturated carbocycles. The summed E-state index contributed by atoms with van der Waals surface area (Å²) in [5.74, 6) is 0. The lowest BCUT2D eigenvalue weighted by atomic mass is 10.1. The van der Waals surface area contributed by atoms with Crippen molar-refractivity contribution in [1.29, 1.82) is 0 Å². The molecule has 0 saturated heterocycles. The second-order valence-corrected chi connectivity index (χ2v) is 21.1. The summed E-state index contributed by atoms with van der Waals surface area (Å²) in [4.78, 5) is 0. The maximum Gasteiger partial charge on any atom is 0.179 e. The van der Waals surface area contributed by atoms with Crippen LogP contribution < -0.4 is 20.7 Å². The maximum absolute atomic E-state index is 2.69. The minimum atomic E-state index is -2.69. The molecule has 4 heteroatoms. The molecular weight excluding hydrogens is 803 g/mol. The SMILES string of the molecule is Cc1ccc2c3ccccc3n(-c3cccc4c5ccccc5n(-c5cccc6c5c5ccccc5n6-c5ccc([Si](c6ccccc6)(c6ccccc6)c6ccccc6)cc5)c34)c2c1. The Morgan fingerprint density at radius 3 is 1.37 bits per heavy atom. The second kappa shape index (κ2) is 14.7. The molecule has 0 spiro atoms. The zero-order chi connectivity index (χ0) is 43.1. The Morgan fingerprint density at radius 1 is 0.292 bits per heavy atom. The standard InChI is InChI=1S/C61H43N3Si/c1-42-35-40-50-48-25-11-14-29-53(48)63(59(50)41-42)58-34-17-28-51-49-26-12-15-30-54(49)64(61(51)58)57-33-18-32-56-60(57)52-27-13-16-31-55(52)62(56)43-36-38-47(39-37-43)65(44-19-5-2-6-20-44,45-21-7-3-8-22-45)46-23-9-4-10-24-46/h2-41H,1H3. The first-order valence-electron chi connectivity index (χ1n) is 22.5. The Labute approximate surface area is 378 Å². The molecule has 0 radical (unpaired) electrons. The fourth-order valence-electron chi connectivity index (χ4n) is 11.2. The molecule has 3 aromatic heterocycles. The highest BCUT2D eigenvalue weighted by Gasteiger charge is 2.41. The van der Waals surface area contributed by atoms with Gasteiger partial charge in [-0.1, -0.05) is 188 Å². The van der Waals surface area contributed by atoms with Gasteiger partial charge in [0, 0.05) is 38.0 Å². The number of benzene rings is 10. The molecule has 0 aliphatic heterocycles. The van der Waals surface area contributed by atoms with Crippen LogP contribution in [0.4, 0.5) is 0 Å². The largest absolute Gasteiger partial charge is 0.309 e. The summed E-state index contributed by atoms with van der Waals surface area (Å²) in [6, 6.07) is 90.3. The van der Waals surface area contributed by atoms with Gasteiger partial charge in [0.05, 0.1) is 44.5 Å². The van der Waals surface area contributed by atoms with E-state index in [0.29, 0.717) is 0 Å². The van der Waals surface area contributed by atoms with Gasteiger partial charge in [0.2, 0.25) is 0 Å². The molecular formula is C61H43N3Si. The van der Waals surface area contributed by atoms with E-state index < -0.39 is 8.07 Å². The predicted octanol–water partition coefficient (Wildman–Crippen LogP) is 12.7. The maximum atomic E-state index is 2.54. The zero-order valence-corrected chi connectivity index (χ0v) is 36.9. The van der Waals surface area contributed by atoms with E-state index in [0.717, 1.165) is 17.1 Å². The van der Waals surface area contributed by atoms with Gasteiger partial charge in [-0.05, 0) is 87.8 Å². The Balaban J connectivity index is 1.07. The molecule has 306 valence electrons. The summed E-state index contributed by atoms with van der Waals surface area (Å²) in [6.07, 6.45) is 0. The van der Waals surface area contributed by atoms with Crippen LogP contribution in [-0.2, 0) is 0 Å². The minimum Gasteiger partial charge on any atom is -0.309 e. The number of aryl methyl sites for hydroxylation is 1. The van der Waals surface area contributed by atoms with Crippen LogP contribution in [0.25, 0.3) is 82.5 Å². The molecule has 0 unspecified atom stereocenters. The third-order valence-electron chi connectivity index (χ3n) is 13.8. The topological polar surface area (TPSA) is 14.8 Å². The van der Waals surface area contributed by atoms with Crippen molar-refractivity contribution in [2.75, 3.05) is 0 Å². The fourth-order valence-corrected chi connectivity index (χ4v) is 15.9. The van der Waals surface area contributed by atoms with Crippen LogP contribution in [0.3, 0.4) is 0 Å². The van der Waals surface area contributed by atoms with E-state index in [9.17, 15) is 0 Å². The van der Waals surface area contributed by atoms with Crippen LogP contribution in [0.15, 0.2) is 243 Å². The molecule has 65 heavy (non-hydrogen) atoms. The Hall–Kier alpha value is -8.18. The van der Waals surface area contributed by atoms with Crippen LogP contribution in [0.5, 0.6) is 0 Å². The fraction of sp³-hybridized carbons (Fsp3) is 0.0164. The Morgan fingerprint density at radius 2 is 0.738 bits per heavy atom. The molecule has 0 amide bonds. The number of hydrogen-bond acceptors (Lipinski definition) is 0. The lowest BCUT2D eigenvalue weighted by molar-refractivity contribution is 1.13. The summed E-state index contributed by atoms with van der Waals surface area (Å²) in [5.41, 5.74) is 11.8. The molecule has 0 bridgehead atoms. The van der Waals surface area contributed by atoms with Crippen molar-refractivity contribution in [1.82, 2.24) is 13.7 Å². The molecule has 0 aliphatic carbocycles. The van der Waals surface area contributed by atoms with Crippen LogP contribution in [0.2, 0.25) is 0 Å². The number of para-hydroxylation sites is 4. The van der Waals surface area contributed by atoms with E-state index in [2.05, 4.69) is 263 Å². The van der Waals surface area contributed by atoms with Crippen LogP contribution in [0, 0.1) is 6.92 Å². The van der Waals surface area contributed by atoms with Gasteiger partial charge in [0.1, 0.15) is 0 Å². The average Bonchev–Trinajstić information content (AvgIpc) is 4.01. The first-order chi connectivity index (χ1) is 32.2. The minimum absolute atomic E-state index is 1.14.